The molecule has 0 atom stereocenters. The van der Waals surface area contributed by atoms with Crippen molar-refractivity contribution in [2.75, 3.05) is 5.32 Å². The second-order valence-electron chi connectivity index (χ2n) is 3.35. The van der Waals surface area contributed by atoms with Gasteiger partial charge < -0.3 is 5.32 Å². The number of anilines is 1. The largest absolute Gasteiger partial charge is 0.364 e. The molecule has 16 heavy (non-hydrogen) atoms. The summed E-state index contributed by atoms with van der Waals surface area (Å²) < 4.78 is 0.766. The van der Waals surface area contributed by atoms with E-state index >= 15 is 0 Å². The average Bonchev–Trinajstić information content (AvgIpc) is 2.27. The Kier molecular flexibility index (Phi) is 3.46. The molecule has 0 spiro atoms. The molecule has 0 radical (unpaired) electrons. The van der Waals surface area contributed by atoms with Crippen molar-refractivity contribution < 1.29 is 0 Å². The summed E-state index contributed by atoms with van der Waals surface area (Å²) in [6.07, 6.45) is 1.51. The molecular formula is C11H11BrN4. The predicted molar refractivity (Wildman–Crippen MR) is 66.0 cm³/mol. The van der Waals surface area contributed by atoms with Crippen molar-refractivity contribution in [2.45, 2.75) is 13.5 Å². The van der Waals surface area contributed by atoms with E-state index < -0.39 is 0 Å². The monoisotopic (exact) mass is 278 g/mol. The van der Waals surface area contributed by atoms with Crippen molar-refractivity contribution in [2.24, 2.45) is 0 Å². The van der Waals surface area contributed by atoms with Crippen LogP contribution in [0.1, 0.15) is 11.4 Å². The number of aromatic nitrogens is 3. The van der Waals surface area contributed by atoms with Gasteiger partial charge in [0.05, 0.1) is 12.2 Å². The van der Waals surface area contributed by atoms with Crippen LogP contribution < -0.4 is 5.32 Å². The molecule has 82 valence electrons. The molecule has 0 unspecified atom stereocenters. The number of hydrogen-bond acceptors (Lipinski definition) is 4. The molecule has 2 aromatic heterocycles. The molecule has 0 saturated heterocycles. The van der Waals surface area contributed by atoms with E-state index in [-0.39, 0.29) is 0 Å². The van der Waals surface area contributed by atoms with Crippen LogP contribution in [-0.4, -0.2) is 15.0 Å². The number of pyridine rings is 1. The van der Waals surface area contributed by atoms with Gasteiger partial charge >= 0.3 is 0 Å². The summed E-state index contributed by atoms with van der Waals surface area (Å²) in [5, 5.41) is 3.19. The third-order valence-corrected chi connectivity index (χ3v) is 2.46. The van der Waals surface area contributed by atoms with Gasteiger partial charge in [-0.3, -0.25) is 4.98 Å². The maximum atomic E-state index is 4.39. The van der Waals surface area contributed by atoms with E-state index in [0.717, 1.165) is 21.8 Å². The summed E-state index contributed by atoms with van der Waals surface area (Å²) >= 11 is 3.29. The maximum absolute atomic E-state index is 4.39. The van der Waals surface area contributed by atoms with Crippen LogP contribution >= 0.6 is 15.9 Å². The Morgan fingerprint density at radius 2 is 2.19 bits per heavy atom. The van der Waals surface area contributed by atoms with Gasteiger partial charge in [-0.2, -0.15) is 0 Å². The summed E-state index contributed by atoms with van der Waals surface area (Å²) in [4.78, 5) is 12.4. The van der Waals surface area contributed by atoms with Gasteiger partial charge in [0, 0.05) is 11.8 Å². The number of rotatable bonds is 3. The number of nitrogens with one attached hydrogen (secondary N) is 1. The standard InChI is InChI=1S/C11H11BrN4/c1-8-3-2-4-9(16-8)6-13-11-5-10(12)14-7-15-11/h2-5,7H,6H2,1H3,(H,13,14,15). The predicted octanol–water partition coefficient (Wildman–Crippen LogP) is 2.55. The smallest absolute Gasteiger partial charge is 0.130 e. The number of hydrogen-bond donors (Lipinski definition) is 1. The molecule has 0 aromatic carbocycles. The lowest BCUT2D eigenvalue weighted by Gasteiger charge is -2.05. The van der Waals surface area contributed by atoms with Crippen LogP contribution in [-0.2, 0) is 6.54 Å². The molecule has 2 aromatic rings. The van der Waals surface area contributed by atoms with Crippen molar-refractivity contribution >= 4 is 21.7 Å². The van der Waals surface area contributed by atoms with Crippen molar-refractivity contribution in [1.29, 1.82) is 0 Å². The lowest BCUT2D eigenvalue weighted by molar-refractivity contribution is 0.995. The first-order valence-corrected chi connectivity index (χ1v) is 5.67. The van der Waals surface area contributed by atoms with E-state index in [0.29, 0.717) is 6.54 Å². The fourth-order valence-electron chi connectivity index (χ4n) is 1.31. The first kappa shape index (κ1) is 11.0. The lowest BCUT2D eigenvalue weighted by atomic mass is 10.3. The summed E-state index contributed by atoms with van der Waals surface area (Å²) in [7, 11) is 0. The van der Waals surface area contributed by atoms with Crippen LogP contribution in [0.4, 0.5) is 5.82 Å². The third-order valence-electron chi connectivity index (χ3n) is 2.03. The molecule has 0 bridgehead atoms. The van der Waals surface area contributed by atoms with Gasteiger partial charge in [-0.25, -0.2) is 9.97 Å². The minimum Gasteiger partial charge on any atom is -0.364 e. The minimum absolute atomic E-state index is 0.658. The molecule has 4 nitrogen and oxygen atoms in total. The lowest BCUT2D eigenvalue weighted by Crippen LogP contribution is -2.03. The van der Waals surface area contributed by atoms with Gasteiger partial charge in [0.2, 0.25) is 0 Å². The first-order valence-electron chi connectivity index (χ1n) is 4.88. The van der Waals surface area contributed by atoms with Crippen LogP contribution in [0.15, 0.2) is 35.2 Å². The van der Waals surface area contributed by atoms with E-state index in [9.17, 15) is 0 Å². The Hall–Kier alpha value is -1.49. The Morgan fingerprint density at radius 3 is 2.94 bits per heavy atom. The second kappa shape index (κ2) is 5.03. The van der Waals surface area contributed by atoms with Crippen LogP contribution in [0.3, 0.4) is 0 Å². The Labute approximate surface area is 102 Å². The molecule has 2 heterocycles. The molecule has 0 amide bonds. The summed E-state index contributed by atoms with van der Waals surface area (Å²) in [5.74, 6) is 0.783. The summed E-state index contributed by atoms with van der Waals surface area (Å²) in [6.45, 7) is 2.63. The Bertz CT molecular complexity index is 441. The SMILES string of the molecule is Cc1cccc(CNc2cc(Br)ncn2)n1. The fourth-order valence-corrected chi connectivity index (χ4v) is 1.62. The normalized spacial score (nSPS) is 10.1. The molecule has 0 aliphatic heterocycles. The van der Waals surface area contributed by atoms with Gasteiger partial charge in [-0.05, 0) is 35.0 Å². The highest BCUT2D eigenvalue weighted by Gasteiger charge is 1.97. The van der Waals surface area contributed by atoms with Crippen molar-refractivity contribution in [3.8, 4) is 0 Å². The van der Waals surface area contributed by atoms with E-state index in [1.807, 2.05) is 31.2 Å². The van der Waals surface area contributed by atoms with Gasteiger partial charge in [0.1, 0.15) is 16.7 Å². The zero-order chi connectivity index (χ0) is 11.4. The molecule has 1 N–H and O–H groups in total. The fraction of sp³-hybridized carbons (Fsp3) is 0.182. The third kappa shape index (κ3) is 3.00. The van der Waals surface area contributed by atoms with Gasteiger partial charge in [-0.1, -0.05) is 6.07 Å². The van der Waals surface area contributed by atoms with Crippen LogP contribution in [0.5, 0.6) is 0 Å². The van der Waals surface area contributed by atoms with E-state index in [2.05, 4.69) is 36.2 Å². The second-order valence-corrected chi connectivity index (χ2v) is 4.16. The van der Waals surface area contributed by atoms with Gasteiger partial charge in [0.15, 0.2) is 0 Å². The van der Waals surface area contributed by atoms with Crippen LogP contribution in [0.2, 0.25) is 0 Å². The minimum atomic E-state index is 0.658. The molecule has 0 saturated carbocycles. The van der Waals surface area contributed by atoms with Crippen LogP contribution in [0.25, 0.3) is 0 Å². The zero-order valence-electron chi connectivity index (χ0n) is 8.81. The van der Waals surface area contributed by atoms with E-state index in [4.69, 9.17) is 0 Å². The molecule has 0 aliphatic rings. The average molecular weight is 279 g/mol. The highest BCUT2D eigenvalue weighted by Crippen LogP contribution is 2.10. The van der Waals surface area contributed by atoms with E-state index in [1.165, 1.54) is 6.33 Å². The zero-order valence-corrected chi connectivity index (χ0v) is 10.4. The molecule has 0 fully saturated rings. The van der Waals surface area contributed by atoms with Crippen molar-refractivity contribution in [1.82, 2.24) is 15.0 Å². The molecule has 5 heteroatoms. The molecule has 2 rings (SSSR count). The number of halogens is 1. The quantitative estimate of drug-likeness (QED) is 0.877. The van der Waals surface area contributed by atoms with Gasteiger partial charge in [-0.15, -0.1) is 0 Å². The highest BCUT2D eigenvalue weighted by molar-refractivity contribution is 9.10. The highest BCUT2D eigenvalue weighted by atomic mass is 79.9. The topological polar surface area (TPSA) is 50.7 Å². The molecule has 0 aliphatic carbocycles. The van der Waals surface area contributed by atoms with Crippen LogP contribution in [0, 0.1) is 6.92 Å². The number of nitrogens with zero attached hydrogens (tertiary/aromatic N) is 3. The van der Waals surface area contributed by atoms with E-state index in [1.54, 1.807) is 0 Å². The Morgan fingerprint density at radius 1 is 1.31 bits per heavy atom. The Balaban J connectivity index is 2.02. The number of aryl methyl sites for hydroxylation is 1. The van der Waals surface area contributed by atoms with Crippen molar-refractivity contribution in [3.63, 3.8) is 0 Å². The molecular weight excluding hydrogens is 268 g/mol. The summed E-state index contributed by atoms with van der Waals surface area (Å²) in [6, 6.07) is 7.78. The first-order chi connectivity index (χ1) is 7.74. The van der Waals surface area contributed by atoms with Gasteiger partial charge in [0.25, 0.3) is 0 Å². The summed E-state index contributed by atoms with van der Waals surface area (Å²) in [5.41, 5.74) is 2.01. The van der Waals surface area contributed by atoms with Crippen molar-refractivity contribution in [3.05, 3.63) is 46.6 Å². The maximum Gasteiger partial charge on any atom is 0.130 e.